The Kier molecular flexibility index (Phi) is 63.1. The second-order valence-corrected chi connectivity index (χ2v) is 0. The average molecular weight is 424 g/mol. The summed E-state index contributed by atoms with van der Waals surface area (Å²) < 4.78 is 8.33. The van der Waals surface area contributed by atoms with Crippen LogP contribution in [0.3, 0.4) is 0 Å². The molecule has 0 fully saturated rings. The molecule has 0 aromatic heterocycles. The first-order valence-corrected chi connectivity index (χ1v) is 1.36. The molecule has 0 aliphatic carbocycles. The maximum absolute atomic E-state index is 8.33. The minimum atomic E-state index is 0. The first-order chi connectivity index (χ1) is 1.00. The van der Waals surface area contributed by atoms with E-state index in [4.69, 9.17) is 3.40 Å². The van der Waals surface area contributed by atoms with Gasteiger partial charge in [-0.1, -0.05) is 0 Å². The van der Waals surface area contributed by atoms with Crippen molar-refractivity contribution < 1.29 is 49.4 Å². The van der Waals surface area contributed by atoms with E-state index in [1.807, 2.05) is 0 Å². The fraction of sp³-hybridized carbons (Fsp3) is 0. The van der Waals surface area contributed by atoms with Crippen molar-refractivity contribution in [2.45, 2.75) is 0 Å². The summed E-state index contributed by atoms with van der Waals surface area (Å²) in [6.45, 7) is 0. The molecule has 17 valence electrons. The summed E-state index contributed by atoms with van der Waals surface area (Å²) in [6, 6.07) is 0. The molecule has 0 aliphatic heterocycles. The third kappa shape index (κ3) is 9.05. The zero-order chi connectivity index (χ0) is 2.00. The second-order valence-electron chi connectivity index (χ2n) is 0. The predicted octanol–water partition coefficient (Wildman–Crippen LogP) is -0.505. The maximum atomic E-state index is 8.33. The molecule has 0 atom stereocenters. The van der Waals surface area contributed by atoms with Crippen molar-refractivity contribution in [3.05, 3.63) is 0 Å². The average Bonchev–Trinajstić information content (AvgIpc) is 1.00. The normalized spacial score (nSPS) is 1.00. The van der Waals surface area contributed by atoms with Gasteiger partial charge in [-0.25, -0.2) is 0 Å². The molecule has 0 rings (SSSR count). The minimum Gasteiger partial charge on any atom is 0 e. The van der Waals surface area contributed by atoms with Gasteiger partial charge in [0.2, 0.25) is 0 Å². The van der Waals surface area contributed by atoms with Gasteiger partial charge in [0.15, 0.2) is 0 Å². The first kappa shape index (κ1) is 15.7. The van der Waals surface area contributed by atoms with Crippen molar-refractivity contribution in [2.24, 2.45) is 0 Å². The summed E-state index contributed by atoms with van der Waals surface area (Å²) >= 11 is 0.333. The van der Waals surface area contributed by atoms with E-state index >= 15 is 0 Å². The Morgan fingerprint density at radius 2 is 1.25 bits per heavy atom. The van der Waals surface area contributed by atoms with Crippen LogP contribution >= 0.6 is 0 Å². The first-order valence-electron chi connectivity index (χ1n) is 0.167. The Labute approximate surface area is 114 Å². The number of hydrogen-bond acceptors (Lipinski definition) is 1. The summed E-state index contributed by atoms with van der Waals surface area (Å²) in [6.07, 6.45) is 0. The molecule has 0 N–H and O–H groups in total. The SMILES string of the molecule is [Cs].[O]=[W].[Zr]. The third-order valence-electron chi connectivity index (χ3n) is 0. The van der Waals surface area contributed by atoms with E-state index in [0.717, 1.165) is 0 Å². The molecule has 0 aliphatic rings. The van der Waals surface area contributed by atoms with Crippen molar-refractivity contribution in [1.29, 1.82) is 0 Å². The van der Waals surface area contributed by atoms with Crippen LogP contribution in [-0.4, -0.2) is 68.9 Å². The van der Waals surface area contributed by atoms with Gasteiger partial charge in [-0.05, 0) is 0 Å². The van der Waals surface area contributed by atoms with Crippen LogP contribution in [0.25, 0.3) is 0 Å². The van der Waals surface area contributed by atoms with Crippen LogP contribution in [0.2, 0.25) is 0 Å². The van der Waals surface area contributed by atoms with Crippen molar-refractivity contribution in [2.75, 3.05) is 0 Å². The molecule has 0 unspecified atom stereocenters. The summed E-state index contributed by atoms with van der Waals surface area (Å²) in [5, 5.41) is 0. The fourth-order valence-electron chi connectivity index (χ4n) is 0. The molecule has 0 aromatic carbocycles. The number of rotatable bonds is 0. The summed E-state index contributed by atoms with van der Waals surface area (Å²) in [4.78, 5) is 0. The molecule has 1 nitrogen and oxygen atoms in total. The Morgan fingerprint density at radius 3 is 1.25 bits per heavy atom. The van der Waals surface area contributed by atoms with E-state index in [1.54, 1.807) is 0 Å². The molecular weight excluding hydrogens is 424 g/mol. The van der Waals surface area contributed by atoms with Crippen LogP contribution in [0.15, 0.2) is 0 Å². The number of hydrogen-bond donors (Lipinski definition) is 0. The van der Waals surface area contributed by atoms with Gasteiger partial charge in [0, 0.05) is 95.1 Å². The summed E-state index contributed by atoms with van der Waals surface area (Å²) in [5.74, 6) is 0. The van der Waals surface area contributed by atoms with Gasteiger partial charge < -0.3 is 0 Å². The van der Waals surface area contributed by atoms with E-state index in [2.05, 4.69) is 0 Å². The summed E-state index contributed by atoms with van der Waals surface area (Å²) in [7, 11) is 0. The van der Waals surface area contributed by atoms with E-state index in [9.17, 15) is 0 Å². The molecule has 0 spiro atoms. The fourth-order valence-corrected chi connectivity index (χ4v) is 0. The summed E-state index contributed by atoms with van der Waals surface area (Å²) in [5.41, 5.74) is 0. The zero-order valence-electron chi connectivity index (χ0n) is 2.32. The van der Waals surface area contributed by atoms with Gasteiger partial charge in [-0.2, -0.15) is 0 Å². The smallest absolute Gasteiger partial charge is 0 e. The van der Waals surface area contributed by atoms with E-state index in [-0.39, 0.29) is 95.1 Å². The van der Waals surface area contributed by atoms with Crippen LogP contribution in [0, 0.1) is 0 Å². The van der Waals surface area contributed by atoms with Crippen molar-refractivity contribution in [1.82, 2.24) is 0 Å². The molecular formula is CsOWZr. The van der Waals surface area contributed by atoms with Crippen LogP contribution in [-0.2, 0) is 49.4 Å². The van der Waals surface area contributed by atoms with Gasteiger partial charge in [-0.3, -0.25) is 0 Å². The van der Waals surface area contributed by atoms with Crippen LogP contribution in [0.4, 0.5) is 0 Å². The molecule has 0 saturated carbocycles. The van der Waals surface area contributed by atoms with Crippen LogP contribution < -0.4 is 0 Å². The Balaban J connectivity index is -0.00000000500. The topological polar surface area (TPSA) is 17.1 Å². The van der Waals surface area contributed by atoms with Crippen molar-refractivity contribution in [3.63, 3.8) is 0 Å². The van der Waals surface area contributed by atoms with Gasteiger partial charge in [0.05, 0.1) is 0 Å². The molecule has 4 heteroatoms. The van der Waals surface area contributed by atoms with Gasteiger partial charge in [0.25, 0.3) is 0 Å². The predicted molar refractivity (Wildman–Crippen MR) is 6.44 cm³/mol. The van der Waals surface area contributed by atoms with Gasteiger partial charge in [0.1, 0.15) is 0 Å². The van der Waals surface area contributed by atoms with Crippen LogP contribution in [0.5, 0.6) is 0 Å². The molecule has 1 radical (unpaired) electrons. The second kappa shape index (κ2) is 16.1. The van der Waals surface area contributed by atoms with Gasteiger partial charge >= 0.3 is 23.2 Å². The van der Waals surface area contributed by atoms with Gasteiger partial charge in [-0.15, -0.1) is 0 Å². The van der Waals surface area contributed by atoms with Crippen molar-refractivity contribution >= 4 is 68.9 Å². The van der Waals surface area contributed by atoms with Crippen molar-refractivity contribution in [3.8, 4) is 0 Å². The van der Waals surface area contributed by atoms with E-state index < -0.39 is 0 Å². The Morgan fingerprint density at radius 1 is 1.25 bits per heavy atom. The molecule has 0 saturated heterocycles. The standard InChI is InChI=1S/Cs.O.W.Zr. The van der Waals surface area contributed by atoms with Crippen LogP contribution in [0.1, 0.15) is 0 Å². The van der Waals surface area contributed by atoms with E-state index in [1.165, 1.54) is 0 Å². The Hall–Kier alpha value is 3.42. The Bertz CT molecular complexity index is 8.00. The monoisotopic (exact) mass is 423 g/mol. The molecule has 0 amide bonds. The molecule has 4 heavy (non-hydrogen) atoms. The minimum absolute atomic E-state index is 0. The zero-order valence-corrected chi connectivity index (χ0v) is 14.0. The quantitative estimate of drug-likeness (QED) is 0.513. The third-order valence-corrected chi connectivity index (χ3v) is 0. The molecule has 0 bridgehead atoms. The largest absolute Gasteiger partial charge is 0 e. The maximum Gasteiger partial charge on any atom is 0 e. The van der Waals surface area contributed by atoms with E-state index in [0.29, 0.717) is 19.8 Å². The molecule has 0 aromatic rings. The molecule has 0 heterocycles.